The van der Waals surface area contributed by atoms with E-state index in [1.807, 2.05) is 13.0 Å². The number of thiophene rings is 1. The summed E-state index contributed by atoms with van der Waals surface area (Å²) in [6, 6.07) is 1.69. The summed E-state index contributed by atoms with van der Waals surface area (Å²) in [7, 11) is 0. The van der Waals surface area contributed by atoms with Gasteiger partial charge in [-0.1, -0.05) is 26.2 Å². The zero-order valence-electron chi connectivity index (χ0n) is 12.6. The van der Waals surface area contributed by atoms with Crippen molar-refractivity contribution in [1.82, 2.24) is 5.32 Å². The second kappa shape index (κ2) is 7.07. The average molecular weight is 309 g/mol. The highest BCUT2D eigenvalue weighted by atomic mass is 32.1. The molecule has 1 aromatic rings. The number of rotatable bonds is 4. The van der Waals surface area contributed by atoms with Crippen molar-refractivity contribution in [3.05, 3.63) is 21.4 Å². The number of carboxylic acid groups (broad SMARTS) is 1. The van der Waals surface area contributed by atoms with Crippen molar-refractivity contribution in [3.8, 4) is 0 Å². The lowest BCUT2D eigenvalue weighted by molar-refractivity contribution is -0.142. The Kier molecular flexibility index (Phi) is 5.39. The fraction of sp³-hybridized carbons (Fsp3) is 0.625. The third-order valence-electron chi connectivity index (χ3n) is 4.27. The third kappa shape index (κ3) is 3.84. The first-order valence-corrected chi connectivity index (χ1v) is 8.47. The summed E-state index contributed by atoms with van der Waals surface area (Å²) in [5.74, 6) is -1.37. The van der Waals surface area contributed by atoms with E-state index in [1.54, 1.807) is 0 Å². The fourth-order valence-electron chi connectivity index (χ4n) is 3.00. The third-order valence-corrected chi connectivity index (χ3v) is 5.37. The van der Waals surface area contributed by atoms with Crippen LogP contribution in [0.5, 0.6) is 0 Å². The van der Waals surface area contributed by atoms with Crippen LogP contribution < -0.4 is 5.32 Å². The number of hydrogen-bond donors (Lipinski definition) is 2. The van der Waals surface area contributed by atoms with Crippen LogP contribution in [0.25, 0.3) is 0 Å². The normalized spacial score (nSPS) is 22.6. The Hall–Kier alpha value is -1.36. The summed E-state index contributed by atoms with van der Waals surface area (Å²) in [6.45, 7) is 4.09. The molecule has 1 amide bonds. The fourth-order valence-corrected chi connectivity index (χ4v) is 4.02. The number of hydrogen-bond acceptors (Lipinski definition) is 3. The summed E-state index contributed by atoms with van der Waals surface area (Å²) < 4.78 is 0. The molecule has 2 atom stereocenters. The van der Waals surface area contributed by atoms with Crippen LogP contribution in [0.3, 0.4) is 0 Å². The van der Waals surface area contributed by atoms with Crippen LogP contribution in [0.2, 0.25) is 0 Å². The van der Waals surface area contributed by atoms with E-state index in [9.17, 15) is 14.7 Å². The molecular weight excluding hydrogens is 286 g/mol. The van der Waals surface area contributed by atoms with E-state index in [0.717, 1.165) is 32.1 Å². The number of aliphatic carboxylic acids is 1. The number of carbonyl (C=O) groups is 2. The SMILES string of the molecule is CCc1cc(C(=O)NC2CCCCCC2C(=O)O)sc1C. The molecule has 1 aliphatic carbocycles. The lowest BCUT2D eigenvalue weighted by Gasteiger charge is -2.22. The summed E-state index contributed by atoms with van der Waals surface area (Å²) in [4.78, 5) is 25.6. The van der Waals surface area contributed by atoms with Crippen molar-refractivity contribution in [3.63, 3.8) is 0 Å². The minimum absolute atomic E-state index is 0.124. The predicted octanol–water partition coefficient (Wildman–Crippen LogP) is 3.38. The van der Waals surface area contributed by atoms with E-state index < -0.39 is 11.9 Å². The van der Waals surface area contributed by atoms with E-state index >= 15 is 0 Å². The van der Waals surface area contributed by atoms with Gasteiger partial charge in [-0.2, -0.15) is 0 Å². The van der Waals surface area contributed by atoms with Crippen LogP contribution in [0.1, 0.15) is 59.1 Å². The van der Waals surface area contributed by atoms with E-state index in [-0.39, 0.29) is 11.9 Å². The molecule has 2 N–H and O–H groups in total. The summed E-state index contributed by atoms with van der Waals surface area (Å²) in [6.07, 6.45) is 5.29. The maximum absolute atomic E-state index is 12.4. The van der Waals surface area contributed by atoms with Crippen molar-refractivity contribution in [2.45, 2.75) is 58.4 Å². The maximum atomic E-state index is 12.4. The zero-order valence-corrected chi connectivity index (χ0v) is 13.5. The Morgan fingerprint density at radius 1 is 1.33 bits per heavy atom. The Bertz CT molecular complexity index is 524. The predicted molar refractivity (Wildman–Crippen MR) is 83.9 cm³/mol. The molecule has 1 aromatic heterocycles. The number of carboxylic acids is 1. The molecule has 0 radical (unpaired) electrons. The minimum Gasteiger partial charge on any atom is -0.481 e. The summed E-state index contributed by atoms with van der Waals surface area (Å²) in [5, 5.41) is 12.3. The van der Waals surface area contributed by atoms with Gasteiger partial charge in [-0.05, 0) is 37.8 Å². The maximum Gasteiger partial charge on any atom is 0.308 e. The average Bonchev–Trinajstić information content (AvgIpc) is 2.67. The van der Waals surface area contributed by atoms with Crippen LogP contribution in [-0.2, 0) is 11.2 Å². The van der Waals surface area contributed by atoms with Crippen molar-refractivity contribution >= 4 is 23.2 Å². The van der Waals surface area contributed by atoms with Crippen molar-refractivity contribution < 1.29 is 14.7 Å². The Morgan fingerprint density at radius 3 is 2.67 bits per heavy atom. The molecule has 0 aromatic carbocycles. The minimum atomic E-state index is -0.793. The molecule has 2 unspecified atom stereocenters. The number of nitrogens with one attached hydrogen (secondary N) is 1. The van der Waals surface area contributed by atoms with Gasteiger partial charge >= 0.3 is 5.97 Å². The van der Waals surface area contributed by atoms with E-state index in [2.05, 4.69) is 12.2 Å². The lowest BCUT2D eigenvalue weighted by Crippen LogP contribution is -2.42. The summed E-state index contributed by atoms with van der Waals surface area (Å²) >= 11 is 1.49. The number of carbonyl (C=O) groups excluding carboxylic acids is 1. The highest BCUT2D eigenvalue weighted by Gasteiger charge is 2.31. The second-order valence-electron chi connectivity index (χ2n) is 5.71. The van der Waals surface area contributed by atoms with Gasteiger partial charge in [-0.25, -0.2) is 0 Å². The Balaban J connectivity index is 2.10. The first-order valence-electron chi connectivity index (χ1n) is 7.66. The lowest BCUT2D eigenvalue weighted by atomic mass is 9.95. The Morgan fingerprint density at radius 2 is 2.05 bits per heavy atom. The first kappa shape index (κ1) is 16.0. The largest absolute Gasteiger partial charge is 0.481 e. The van der Waals surface area contributed by atoms with E-state index in [1.165, 1.54) is 21.8 Å². The molecule has 116 valence electrons. The second-order valence-corrected chi connectivity index (χ2v) is 6.96. The van der Waals surface area contributed by atoms with Gasteiger partial charge < -0.3 is 10.4 Å². The number of amides is 1. The highest BCUT2D eigenvalue weighted by molar-refractivity contribution is 7.14. The molecule has 1 aliphatic rings. The summed E-state index contributed by atoms with van der Waals surface area (Å²) in [5.41, 5.74) is 1.20. The van der Waals surface area contributed by atoms with Crippen LogP contribution in [0.15, 0.2) is 6.07 Å². The Labute approximate surface area is 129 Å². The monoisotopic (exact) mass is 309 g/mol. The standard InChI is InChI=1S/C16H23NO3S/c1-3-11-9-14(21-10(11)2)15(18)17-13-8-6-4-5-7-12(13)16(19)20/h9,12-13H,3-8H2,1-2H3,(H,17,18)(H,19,20). The molecule has 5 heteroatoms. The zero-order chi connectivity index (χ0) is 15.4. The van der Waals surface area contributed by atoms with Gasteiger partial charge in [0.15, 0.2) is 0 Å². The van der Waals surface area contributed by atoms with Crippen LogP contribution >= 0.6 is 11.3 Å². The van der Waals surface area contributed by atoms with Gasteiger partial charge in [-0.15, -0.1) is 11.3 Å². The van der Waals surface area contributed by atoms with Gasteiger partial charge in [0, 0.05) is 10.9 Å². The van der Waals surface area contributed by atoms with E-state index in [0.29, 0.717) is 11.3 Å². The molecule has 0 saturated heterocycles. The van der Waals surface area contributed by atoms with Gasteiger partial charge in [-0.3, -0.25) is 9.59 Å². The molecule has 1 fully saturated rings. The molecule has 21 heavy (non-hydrogen) atoms. The molecule has 1 saturated carbocycles. The highest BCUT2D eigenvalue weighted by Crippen LogP contribution is 2.26. The molecule has 0 bridgehead atoms. The van der Waals surface area contributed by atoms with Crippen LogP contribution in [0.4, 0.5) is 0 Å². The molecular formula is C16H23NO3S. The van der Waals surface area contributed by atoms with Crippen LogP contribution in [-0.4, -0.2) is 23.0 Å². The van der Waals surface area contributed by atoms with Crippen molar-refractivity contribution in [2.24, 2.45) is 5.92 Å². The van der Waals surface area contributed by atoms with Crippen molar-refractivity contribution in [1.29, 1.82) is 0 Å². The quantitative estimate of drug-likeness (QED) is 0.838. The topological polar surface area (TPSA) is 66.4 Å². The van der Waals surface area contributed by atoms with E-state index in [4.69, 9.17) is 0 Å². The van der Waals surface area contributed by atoms with Gasteiger partial charge in [0.05, 0.1) is 10.8 Å². The van der Waals surface area contributed by atoms with Crippen LogP contribution in [0, 0.1) is 12.8 Å². The molecule has 1 heterocycles. The van der Waals surface area contributed by atoms with Gasteiger partial charge in [0.25, 0.3) is 5.91 Å². The molecule has 2 rings (SSSR count). The molecule has 0 spiro atoms. The molecule has 4 nitrogen and oxygen atoms in total. The smallest absolute Gasteiger partial charge is 0.308 e. The number of aryl methyl sites for hydroxylation is 2. The first-order chi connectivity index (χ1) is 10.0. The van der Waals surface area contributed by atoms with Crippen molar-refractivity contribution in [2.75, 3.05) is 0 Å². The van der Waals surface area contributed by atoms with Gasteiger partial charge in [0.1, 0.15) is 0 Å². The molecule has 0 aliphatic heterocycles. The van der Waals surface area contributed by atoms with Gasteiger partial charge in [0.2, 0.25) is 0 Å².